The number of hydrogen-bond acceptors (Lipinski definition) is 2. The Bertz CT molecular complexity index is 2900. The van der Waals surface area contributed by atoms with Crippen molar-refractivity contribution >= 4 is 60.5 Å². The fraction of sp³-hybridized carbons (Fsp3) is 0. The van der Waals surface area contributed by atoms with Gasteiger partial charge in [0.05, 0.1) is 11.4 Å². The average molecular weight is 664 g/mol. The SMILES string of the molecule is c1ccc(-c2ccc(N(c3ccccc3-c3ccc4ccccc4c3)c3ccccc3-c3cccc4oc5c6ccccc6ccc5c34)cc2)cc1. The van der Waals surface area contributed by atoms with Crippen LogP contribution in [0.4, 0.5) is 17.1 Å². The molecular formula is C50H33NO. The van der Waals surface area contributed by atoms with E-state index in [0.717, 1.165) is 61.1 Å². The highest BCUT2D eigenvalue weighted by atomic mass is 16.3. The Hall–Kier alpha value is -6.90. The van der Waals surface area contributed by atoms with Gasteiger partial charge in [0, 0.05) is 33.0 Å². The fourth-order valence-electron chi connectivity index (χ4n) is 7.79. The van der Waals surface area contributed by atoms with Crippen LogP contribution in [0.15, 0.2) is 205 Å². The molecule has 0 N–H and O–H groups in total. The first-order chi connectivity index (χ1) is 25.8. The third-order valence-electron chi connectivity index (χ3n) is 10.3. The molecule has 52 heavy (non-hydrogen) atoms. The molecule has 0 spiro atoms. The van der Waals surface area contributed by atoms with Crippen molar-refractivity contribution in [2.75, 3.05) is 4.90 Å². The van der Waals surface area contributed by atoms with Gasteiger partial charge in [0.15, 0.2) is 0 Å². The highest BCUT2D eigenvalue weighted by Crippen LogP contribution is 2.48. The monoisotopic (exact) mass is 663 g/mol. The van der Waals surface area contributed by atoms with Gasteiger partial charge in [0.25, 0.3) is 0 Å². The van der Waals surface area contributed by atoms with E-state index in [1.54, 1.807) is 0 Å². The summed E-state index contributed by atoms with van der Waals surface area (Å²) in [5.41, 5.74) is 12.1. The molecule has 0 saturated carbocycles. The topological polar surface area (TPSA) is 16.4 Å². The molecule has 0 amide bonds. The molecule has 1 aromatic heterocycles. The second-order valence-corrected chi connectivity index (χ2v) is 13.3. The Morgan fingerprint density at radius 3 is 1.77 bits per heavy atom. The van der Waals surface area contributed by atoms with Gasteiger partial charge in [-0.1, -0.05) is 158 Å². The number of rotatable bonds is 6. The molecule has 0 aliphatic heterocycles. The summed E-state index contributed by atoms with van der Waals surface area (Å²) < 4.78 is 6.65. The van der Waals surface area contributed by atoms with E-state index in [1.165, 1.54) is 32.8 Å². The van der Waals surface area contributed by atoms with Crippen molar-refractivity contribution in [2.24, 2.45) is 0 Å². The highest BCUT2D eigenvalue weighted by molar-refractivity contribution is 6.19. The molecule has 10 rings (SSSR count). The molecular weight excluding hydrogens is 631 g/mol. The predicted molar refractivity (Wildman–Crippen MR) is 220 cm³/mol. The maximum atomic E-state index is 6.65. The molecule has 1 heterocycles. The molecule has 0 aliphatic rings. The summed E-state index contributed by atoms with van der Waals surface area (Å²) in [7, 11) is 0. The Kier molecular flexibility index (Phi) is 7.18. The van der Waals surface area contributed by atoms with E-state index in [0.29, 0.717) is 0 Å². The van der Waals surface area contributed by atoms with Crippen molar-refractivity contribution in [3.8, 4) is 33.4 Å². The zero-order chi connectivity index (χ0) is 34.4. The standard InChI is InChI=1S/C50H33NO/c1-2-13-34(14-3-1)36-27-30-40(31-28-36)51(46-22-10-8-18-41(46)39-26-25-35-15-4-5-17-38(35)33-39)47-23-11-9-20-43(47)44-21-12-24-48-49(44)45-32-29-37-16-6-7-19-42(37)50(45)52-48/h1-33H. The molecule has 0 bridgehead atoms. The van der Waals surface area contributed by atoms with Gasteiger partial charge in [-0.3, -0.25) is 0 Å². The molecule has 0 fully saturated rings. The van der Waals surface area contributed by atoms with E-state index in [-0.39, 0.29) is 0 Å². The number of anilines is 3. The van der Waals surface area contributed by atoms with E-state index < -0.39 is 0 Å². The van der Waals surface area contributed by atoms with Crippen molar-refractivity contribution in [2.45, 2.75) is 0 Å². The third-order valence-corrected chi connectivity index (χ3v) is 10.3. The molecule has 2 nitrogen and oxygen atoms in total. The van der Waals surface area contributed by atoms with Crippen LogP contribution < -0.4 is 4.90 Å². The fourth-order valence-corrected chi connectivity index (χ4v) is 7.79. The molecule has 0 atom stereocenters. The number of fused-ring (bicyclic) bond motifs is 6. The first-order valence-corrected chi connectivity index (χ1v) is 17.8. The smallest absolute Gasteiger partial charge is 0.143 e. The lowest BCUT2D eigenvalue weighted by molar-refractivity contribution is 0.673. The lowest BCUT2D eigenvalue weighted by atomic mass is 9.95. The van der Waals surface area contributed by atoms with E-state index in [9.17, 15) is 0 Å². The molecule has 0 saturated heterocycles. The summed E-state index contributed by atoms with van der Waals surface area (Å²) in [6.07, 6.45) is 0. The molecule has 244 valence electrons. The van der Waals surface area contributed by atoms with E-state index in [1.807, 2.05) is 0 Å². The van der Waals surface area contributed by atoms with Gasteiger partial charge in [0.1, 0.15) is 11.2 Å². The minimum Gasteiger partial charge on any atom is -0.455 e. The summed E-state index contributed by atoms with van der Waals surface area (Å²) in [4.78, 5) is 2.42. The summed E-state index contributed by atoms with van der Waals surface area (Å²) in [5.74, 6) is 0. The summed E-state index contributed by atoms with van der Waals surface area (Å²) in [5, 5.41) is 6.99. The van der Waals surface area contributed by atoms with Crippen molar-refractivity contribution in [1.82, 2.24) is 0 Å². The largest absolute Gasteiger partial charge is 0.455 e. The number of hydrogen-bond donors (Lipinski definition) is 0. The van der Waals surface area contributed by atoms with Gasteiger partial charge in [-0.25, -0.2) is 0 Å². The van der Waals surface area contributed by atoms with Crippen molar-refractivity contribution in [1.29, 1.82) is 0 Å². The number of nitrogens with zero attached hydrogens (tertiary/aromatic N) is 1. The summed E-state index contributed by atoms with van der Waals surface area (Å²) in [6.45, 7) is 0. The molecule has 9 aromatic carbocycles. The number of para-hydroxylation sites is 2. The molecule has 0 aliphatic carbocycles. The van der Waals surface area contributed by atoms with E-state index >= 15 is 0 Å². The lowest BCUT2D eigenvalue weighted by Crippen LogP contribution is -2.12. The Balaban J connectivity index is 1.21. The Labute approximate surface area is 302 Å². The Morgan fingerprint density at radius 2 is 0.942 bits per heavy atom. The molecule has 0 radical (unpaired) electrons. The normalized spacial score (nSPS) is 11.5. The molecule has 2 heteroatoms. The highest BCUT2D eigenvalue weighted by Gasteiger charge is 2.23. The maximum absolute atomic E-state index is 6.65. The van der Waals surface area contributed by atoms with E-state index in [4.69, 9.17) is 4.42 Å². The predicted octanol–water partition coefficient (Wildman–Crippen LogP) is 14.4. The van der Waals surface area contributed by atoms with E-state index in [2.05, 4.69) is 205 Å². The quantitative estimate of drug-likeness (QED) is 0.176. The number of furan rings is 1. The van der Waals surface area contributed by atoms with Crippen LogP contribution in [0.5, 0.6) is 0 Å². The Morgan fingerprint density at radius 1 is 0.346 bits per heavy atom. The zero-order valence-electron chi connectivity index (χ0n) is 28.4. The lowest BCUT2D eigenvalue weighted by Gasteiger charge is -2.30. The van der Waals surface area contributed by atoms with Crippen molar-refractivity contribution in [3.05, 3.63) is 200 Å². The van der Waals surface area contributed by atoms with Gasteiger partial charge in [-0.15, -0.1) is 0 Å². The van der Waals surface area contributed by atoms with Crippen LogP contribution >= 0.6 is 0 Å². The molecule has 0 unspecified atom stereocenters. The minimum absolute atomic E-state index is 0.883. The maximum Gasteiger partial charge on any atom is 0.143 e. The zero-order valence-corrected chi connectivity index (χ0v) is 28.4. The van der Waals surface area contributed by atoms with Crippen molar-refractivity contribution in [3.63, 3.8) is 0 Å². The van der Waals surface area contributed by atoms with Gasteiger partial charge < -0.3 is 9.32 Å². The third kappa shape index (κ3) is 5.04. The van der Waals surface area contributed by atoms with Crippen LogP contribution in [0.25, 0.3) is 76.9 Å². The number of benzene rings is 9. The van der Waals surface area contributed by atoms with Crippen LogP contribution in [0.3, 0.4) is 0 Å². The van der Waals surface area contributed by atoms with Crippen LogP contribution in [-0.2, 0) is 0 Å². The van der Waals surface area contributed by atoms with Gasteiger partial charge in [0.2, 0.25) is 0 Å². The first-order valence-electron chi connectivity index (χ1n) is 17.8. The van der Waals surface area contributed by atoms with Crippen LogP contribution in [0.2, 0.25) is 0 Å². The second kappa shape index (κ2) is 12.5. The average Bonchev–Trinajstić information content (AvgIpc) is 3.62. The van der Waals surface area contributed by atoms with Crippen molar-refractivity contribution < 1.29 is 4.42 Å². The molecule has 10 aromatic rings. The minimum atomic E-state index is 0.883. The van der Waals surface area contributed by atoms with Gasteiger partial charge in [-0.05, 0) is 80.9 Å². The van der Waals surface area contributed by atoms with Crippen LogP contribution in [-0.4, -0.2) is 0 Å². The summed E-state index contributed by atoms with van der Waals surface area (Å²) in [6, 6.07) is 71.7. The summed E-state index contributed by atoms with van der Waals surface area (Å²) >= 11 is 0. The van der Waals surface area contributed by atoms with Crippen LogP contribution in [0.1, 0.15) is 0 Å². The second-order valence-electron chi connectivity index (χ2n) is 13.3. The van der Waals surface area contributed by atoms with Crippen LogP contribution in [0, 0.1) is 0 Å². The van der Waals surface area contributed by atoms with Gasteiger partial charge >= 0.3 is 0 Å². The first kappa shape index (κ1) is 30.0. The van der Waals surface area contributed by atoms with Gasteiger partial charge in [-0.2, -0.15) is 0 Å².